The van der Waals surface area contributed by atoms with E-state index < -0.39 is 0 Å². The number of rotatable bonds is 8. The van der Waals surface area contributed by atoms with Crippen molar-refractivity contribution in [3.8, 4) is 0 Å². The molecule has 2 aliphatic rings. The van der Waals surface area contributed by atoms with Crippen molar-refractivity contribution in [1.82, 2.24) is 30.6 Å². The van der Waals surface area contributed by atoms with Gasteiger partial charge in [0, 0.05) is 53.7 Å². The van der Waals surface area contributed by atoms with Gasteiger partial charge in [0.1, 0.15) is 0 Å². The number of aromatic nitrogens is 4. The highest BCUT2D eigenvalue weighted by Gasteiger charge is 2.27. The summed E-state index contributed by atoms with van der Waals surface area (Å²) in [7, 11) is 8.17. The Morgan fingerprint density at radius 2 is 0.949 bits per heavy atom. The molecule has 10 nitrogen and oxygen atoms in total. The first kappa shape index (κ1) is 25.0. The zero-order chi connectivity index (χ0) is 26.9. The zero-order valence-corrected chi connectivity index (χ0v) is 22.9. The van der Waals surface area contributed by atoms with E-state index in [1.165, 1.54) is 0 Å². The number of fused-ring (bicyclic) bond motifs is 4. The van der Waals surface area contributed by atoms with Gasteiger partial charge in [0.05, 0.1) is 34.1 Å². The van der Waals surface area contributed by atoms with E-state index in [1.54, 1.807) is 0 Å². The second kappa shape index (κ2) is 10.5. The van der Waals surface area contributed by atoms with Gasteiger partial charge in [-0.1, -0.05) is 0 Å². The van der Waals surface area contributed by atoms with Gasteiger partial charge >= 0.3 is 0 Å². The van der Waals surface area contributed by atoms with Gasteiger partial charge in [-0.05, 0) is 68.0 Å². The molecule has 0 saturated heterocycles. The molecule has 0 fully saturated rings. The van der Waals surface area contributed by atoms with E-state index in [4.69, 9.17) is 9.97 Å². The highest BCUT2D eigenvalue weighted by atomic mass is 15.3. The molecule has 0 atom stereocenters. The Hall–Kier alpha value is -4.28. The third-order valence-corrected chi connectivity index (χ3v) is 7.39. The summed E-state index contributed by atoms with van der Waals surface area (Å²) in [4.78, 5) is 27.4. The highest BCUT2D eigenvalue weighted by molar-refractivity contribution is 5.89. The van der Waals surface area contributed by atoms with Crippen molar-refractivity contribution in [2.75, 3.05) is 60.9 Å². The summed E-state index contributed by atoms with van der Waals surface area (Å²) in [6.07, 6.45) is 4.67. The lowest BCUT2D eigenvalue weighted by atomic mass is 10.2. The number of nitrogens with one attached hydrogen (secondary N) is 2. The number of nitrogens with zero attached hydrogens (tertiary/aromatic N) is 8. The molecule has 0 radical (unpaired) electrons. The smallest absolute Gasteiger partial charge is 0.157 e. The lowest BCUT2D eigenvalue weighted by molar-refractivity contribution is 0.587. The van der Waals surface area contributed by atoms with Crippen molar-refractivity contribution >= 4 is 46.0 Å². The molecule has 0 amide bonds. The van der Waals surface area contributed by atoms with Crippen LogP contribution in [0.3, 0.4) is 0 Å². The zero-order valence-electron chi connectivity index (χ0n) is 22.9. The SMILES string of the molecule is CN1c2ccc(CNCCCNCc3ccc4c(n3)N(C)c3cccnc3N4C)nc2N(C)c2cccnc21. The average Bonchev–Trinajstić information content (AvgIpc) is 2.98. The first-order valence-electron chi connectivity index (χ1n) is 13.3. The first-order valence-corrected chi connectivity index (χ1v) is 13.3. The molecular formula is C29H34N10. The molecule has 4 aromatic rings. The van der Waals surface area contributed by atoms with Crippen molar-refractivity contribution in [2.45, 2.75) is 19.5 Å². The van der Waals surface area contributed by atoms with Crippen LogP contribution < -0.4 is 30.2 Å². The van der Waals surface area contributed by atoms with Gasteiger partial charge in [-0.15, -0.1) is 0 Å². The predicted molar refractivity (Wildman–Crippen MR) is 157 cm³/mol. The maximum Gasteiger partial charge on any atom is 0.157 e. The number of hydrogen-bond acceptors (Lipinski definition) is 10. The summed E-state index contributed by atoms with van der Waals surface area (Å²) < 4.78 is 0. The molecular weight excluding hydrogens is 488 g/mol. The Kier molecular flexibility index (Phi) is 6.72. The summed E-state index contributed by atoms with van der Waals surface area (Å²) in [6.45, 7) is 3.27. The van der Waals surface area contributed by atoms with Gasteiger partial charge in [0.25, 0.3) is 0 Å². The molecule has 0 aromatic carbocycles. The second-order valence-electron chi connectivity index (χ2n) is 9.93. The molecule has 10 heteroatoms. The van der Waals surface area contributed by atoms with Crippen LogP contribution in [0.15, 0.2) is 60.9 Å². The van der Waals surface area contributed by atoms with Crippen molar-refractivity contribution < 1.29 is 0 Å². The van der Waals surface area contributed by atoms with Crippen molar-refractivity contribution in [3.63, 3.8) is 0 Å². The van der Waals surface area contributed by atoms with Crippen LogP contribution in [0.25, 0.3) is 0 Å². The van der Waals surface area contributed by atoms with Gasteiger partial charge in [-0.25, -0.2) is 19.9 Å². The molecule has 0 unspecified atom stereocenters. The minimum Gasteiger partial charge on any atom is -0.325 e. The molecule has 4 aromatic heterocycles. The van der Waals surface area contributed by atoms with Crippen LogP contribution in [0, 0.1) is 0 Å². The third-order valence-electron chi connectivity index (χ3n) is 7.39. The number of pyridine rings is 4. The topological polar surface area (TPSA) is 88.6 Å². The largest absolute Gasteiger partial charge is 0.325 e. The Balaban J connectivity index is 0.979. The molecule has 0 spiro atoms. The third kappa shape index (κ3) is 4.62. The molecule has 6 rings (SSSR count). The van der Waals surface area contributed by atoms with Crippen LogP contribution in [-0.4, -0.2) is 61.2 Å². The minimum absolute atomic E-state index is 0.729. The molecule has 0 saturated carbocycles. The number of hydrogen-bond donors (Lipinski definition) is 2. The lowest BCUT2D eigenvalue weighted by Crippen LogP contribution is -2.27. The van der Waals surface area contributed by atoms with E-state index in [1.807, 2.05) is 52.7 Å². The Morgan fingerprint density at radius 3 is 1.41 bits per heavy atom. The normalized spacial score (nSPS) is 13.6. The standard InChI is InChI=1S/C29H34N10/c1-36-24-12-10-20(34-28(24)38(3)22-8-5-16-32-26(22)36)18-30-14-7-15-31-19-21-11-13-25-29(35-21)39(4)23-9-6-17-33-27(23)37(25)2/h5-6,8-13,16-17,30-31H,7,14-15,18-19H2,1-4H3. The van der Waals surface area contributed by atoms with Crippen LogP contribution >= 0.6 is 0 Å². The van der Waals surface area contributed by atoms with Gasteiger partial charge in [-0.3, -0.25) is 0 Å². The van der Waals surface area contributed by atoms with E-state index >= 15 is 0 Å². The maximum atomic E-state index is 4.94. The van der Waals surface area contributed by atoms with Crippen LogP contribution in [-0.2, 0) is 13.1 Å². The summed E-state index contributed by atoms with van der Waals surface area (Å²) in [5.41, 5.74) is 6.30. The van der Waals surface area contributed by atoms with E-state index in [0.29, 0.717) is 0 Å². The summed E-state index contributed by atoms with van der Waals surface area (Å²) in [5.74, 6) is 3.79. The van der Waals surface area contributed by atoms with Crippen LogP contribution in [0.2, 0.25) is 0 Å². The highest BCUT2D eigenvalue weighted by Crippen LogP contribution is 2.44. The maximum absolute atomic E-state index is 4.94. The predicted octanol–water partition coefficient (Wildman–Crippen LogP) is 4.23. The first-order chi connectivity index (χ1) is 19.0. The van der Waals surface area contributed by atoms with Gasteiger partial charge in [-0.2, -0.15) is 0 Å². The fraction of sp³-hybridized carbons (Fsp3) is 0.310. The van der Waals surface area contributed by atoms with Crippen molar-refractivity contribution in [2.24, 2.45) is 0 Å². The Labute approximate surface area is 229 Å². The van der Waals surface area contributed by atoms with Gasteiger partial charge in [0.2, 0.25) is 0 Å². The second-order valence-corrected chi connectivity index (χ2v) is 9.93. The lowest BCUT2D eigenvalue weighted by Gasteiger charge is -2.34. The van der Waals surface area contributed by atoms with E-state index in [9.17, 15) is 0 Å². The summed E-state index contributed by atoms with van der Waals surface area (Å²) in [5, 5.41) is 7.07. The fourth-order valence-corrected chi connectivity index (χ4v) is 5.22. The van der Waals surface area contributed by atoms with Crippen LogP contribution in [0.1, 0.15) is 17.8 Å². The van der Waals surface area contributed by atoms with Crippen LogP contribution in [0.4, 0.5) is 46.0 Å². The average molecular weight is 523 g/mol. The molecule has 200 valence electrons. The quantitative estimate of drug-likeness (QED) is 0.328. The van der Waals surface area contributed by atoms with Crippen LogP contribution in [0.5, 0.6) is 0 Å². The van der Waals surface area contributed by atoms with Gasteiger partial charge < -0.3 is 30.2 Å². The molecule has 2 aliphatic heterocycles. The minimum atomic E-state index is 0.729. The fourth-order valence-electron chi connectivity index (χ4n) is 5.22. The Morgan fingerprint density at radius 1 is 0.538 bits per heavy atom. The van der Waals surface area contributed by atoms with E-state index in [0.717, 1.165) is 90.0 Å². The van der Waals surface area contributed by atoms with Crippen molar-refractivity contribution in [1.29, 1.82) is 0 Å². The molecule has 0 bridgehead atoms. The number of anilines is 8. The molecule has 6 heterocycles. The van der Waals surface area contributed by atoms with Gasteiger partial charge in [0.15, 0.2) is 23.3 Å². The molecule has 39 heavy (non-hydrogen) atoms. The Bertz CT molecular complexity index is 1380. The monoisotopic (exact) mass is 522 g/mol. The summed E-state index contributed by atoms with van der Waals surface area (Å²) in [6, 6.07) is 16.5. The molecule has 2 N–H and O–H groups in total. The summed E-state index contributed by atoms with van der Waals surface area (Å²) >= 11 is 0. The van der Waals surface area contributed by atoms with E-state index in [2.05, 4.69) is 76.6 Å². The molecule has 0 aliphatic carbocycles. The van der Waals surface area contributed by atoms with E-state index in [-0.39, 0.29) is 0 Å². The van der Waals surface area contributed by atoms with Crippen molar-refractivity contribution in [3.05, 3.63) is 72.3 Å².